The summed E-state index contributed by atoms with van der Waals surface area (Å²) in [6.45, 7) is 12.1. The van der Waals surface area contributed by atoms with Gasteiger partial charge in [0, 0.05) is 17.9 Å². The number of halogens is 3. The molecule has 38 heavy (non-hydrogen) atoms. The van der Waals surface area contributed by atoms with Gasteiger partial charge < -0.3 is 24.5 Å². The number of alkyl carbamates (subject to hydrolysis) is 1. The summed E-state index contributed by atoms with van der Waals surface area (Å²) in [5, 5.41) is 3.00. The minimum atomic E-state index is -4.69. The lowest BCUT2D eigenvalue weighted by Gasteiger charge is -2.35. The van der Waals surface area contributed by atoms with Crippen LogP contribution in [0.1, 0.15) is 59.2 Å². The molecule has 0 spiro atoms. The van der Waals surface area contributed by atoms with Gasteiger partial charge in [-0.2, -0.15) is 13.2 Å². The zero-order chi connectivity index (χ0) is 28.6. The summed E-state index contributed by atoms with van der Waals surface area (Å²) < 4.78 is 51.9. The quantitative estimate of drug-likeness (QED) is 0.536. The largest absolute Gasteiger partial charge is 0.488 e. The van der Waals surface area contributed by atoms with E-state index in [4.69, 9.17) is 9.47 Å². The Bertz CT molecular complexity index is 1220. The second kappa shape index (κ2) is 10.4. The SMILES string of the molecule is Cc1ccc2nc(C(F)(F)F)cc(O[C@@H]3C[C@@H](C=O)N(C(=O)[C@@H](NC(=O)OC(C)(C)C)C(C)(C)C)C3)c2c1. The number of ether oxygens (including phenoxy) is 2. The second-order valence-electron chi connectivity index (χ2n) is 11.6. The lowest BCUT2D eigenvalue weighted by molar-refractivity contribution is -0.141. The van der Waals surface area contributed by atoms with Crippen molar-refractivity contribution < 1.29 is 37.0 Å². The van der Waals surface area contributed by atoms with Crippen molar-refractivity contribution in [3.8, 4) is 5.75 Å². The van der Waals surface area contributed by atoms with Gasteiger partial charge in [0.05, 0.1) is 18.1 Å². The van der Waals surface area contributed by atoms with Crippen LogP contribution in [0.25, 0.3) is 10.9 Å². The normalized spacial score (nSPS) is 19.3. The van der Waals surface area contributed by atoms with E-state index in [-0.39, 0.29) is 24.2 Å². The van der Waals surface area contributed by atoms with Gasteiger partial charge in [0.1, 0.15) is 35.5 Å². The average molecular weight is 538 g/mol. The maximum absolute atomic E-state index is 13.6. The molecule has 2 aromatic rings. The summed E-state index contributed by atoms with van der Waals surface area (Å²) in [5.41, 5.74) is -1.70. The van der Waals surface area contributed by atoms with Crippen molar-refractivity contribution in [3.05, 3.63) is 35.5 Å². The number of hydrogen-bond donors (Lipinski definition) is 1. The summed E-state index contributed by atoms with van der Waals surface area (Å²) in [6, 6.07) is 3.75. The third-order valence-corrected chi connectivity index (χ3v) is 6.03. The highest BCUT2D eigenvalue weighted by molar-refractivity contribution is 5.89. The number of nitrogens with one attached hydrogen (secondary N) is 1. The van der Waals surface area contributed by atoms with E-state index in [9.17, 15) is 27.6 Å². The highest BCUT2D eigenvalue weighted by atomic mass is 19.4. The first kappa shape index (κ1) is 29.2. The lowest BCUT2D eigenvalue weighted by atomic mass is 9.85. The van der Waals surface area contributed by atoms with Gasteiger partial charge in [-0.25, -0.2) is 9.78 Å². The number of carbonyl (C=O) groups is 3. The Morgan fingerprint density at radius 1 is 1.13 bits per heavy atom. The Balaban J connectivity index is 1.89. The number of aryl methyl sites for hydroxylation is 1. The zero-order valence-electron chi connectivity index (χ0n) is 22.6. The lowest BCUT2D eigenvalue weighted by Crippen LogP contribution is -2.56. The topological polar surface area (TPSA) is 97.8 Å². The Labute approximate surface area is 219 Å². The third-order valence-electron chi connectivity index (χ3n) is 6.03. The Morgan fingerprint density at radius 3 is 2.34 bits per heavy atom. The van der Waals surface area contributed by atoms with Crippen LogP contribution in [0.4, 0.5) is 18.0 Å². The molecule has 0 bridgehead atoms. The van der Waals surface area contributed by atoms with Crippen molar-refractivity contribution in [2.24, 2.45) is 5.41 Å². The number of likely N-dealkylation sites (tertiary alicyclic amines) is 1. The molecule has 0 aliphatic carbocycles. The zero-order valence-corrected chi connectivity index (χ0v) is 22.6. The summed E-state index contributed by atoms with van der Waals surface area (Å²) in [6.07, 6.45) is -5.55. The summed E-state index contributed by atoms with van der Waals surface area (Å²) in [7, 11) is 0. The van der Waals surface area contributed by atoms with Crippen LogP contribution in [-0.4, -0.2) is 58.5 Å². The highest BCUT2D eigenvalue weighted by Gasteiger charge is 2.44. The smallest absolute Gasteiger partial charge is 0.433 e. The van der Waals surface area contributed by atoms with Crippen molar-refractivity contribution in [1.29, 1.82) is 0 Å². The summed E-state index contributed by atoms with van der Waals surface area (Å²) in [4.78, 5) is 43.0. The fraction of sp³-hybridized carbons (Fsp3) is 0.556. The van der Waals surface area contributed by atoms with E-state index in [2.05, 4.69) is 10.3 Å². The number of aldehydes is 1. The van der Waals surface area contributed by atoms with Crippen molar-refractivity contribution in [2.45, 2.75) is 84.9 Å². The number of carbonyl (C=O) groups excluding carboxylic acids is 3. The van der Waals surface area contributed by atoms with E-state index in [1.54, 1.807) is 60.6 Å². The molecule has 3 atom stereocenters. The molecule has 2 heterocycles. The number of hydrogen-bond acceptors (Lipinski definition) is 6. The van der Waals surface area contributed by atoms with Gasteiger partial charge in [0.2, 0.25) is 5.91 Å². The van der Waals surface area contributed by atoms with Crippen LogP contribution >= 0.6 is 0 Å². The number of pyridine rings is 1. The van der Waals surface area contributed by atoms with Crippen LogP contribution < -0.4 is 10.1 Å². The van der Waals surface area contributed by atoms with Gasteiger partial charge in [0.15, 0.2) is 0 Å². The molecule has 0 unspecified atom stereocenters. The minimum absolute atomic E-state index is 0.0331. The first-order valence-electron chi connectivity index (χ1n) is 12.3. The van der Waals surface area contributed by atoms with Gasteiger partial charge in [-0.05, 0) is 45.2 Å². The molecule has 1 aromatic carbocycles. The molecule has 0 radical (unpaired) electrons. The number of rotatable bonds is 5. The maximum Gasteiger partial charge on any atom is 0.433 e. The van der Waals surface area contributed by atoms with Crippen LogP contribution in [0.3, 0.4) is 0 Å². The predicted molar refractivity (Wildman–Crippen MR) is 135 cm³/mol. The van der Waals surface area contributed by atoms with Crippen LogP contribution in [0.2, 0.25) is 0 Å². The Hall–Kier alpha value is -3.37. The standard InChI is InChI=1S/C27H34F3N3O5/c1-15-8-9-19-18(10-15)20(12-21(31-19)27(28,29)30)37-17-11-16(14-34)33(13-17)23(35)22(25(2,3)4)32-24(36)38-26(5,6)7/h8-10,12,14,16-17,22H,11,13H2,1-7H3,(H,32,36)/t16-,17+,22+/m0/s1. The van der Waals surface area contributed by atoms with Crippen molar-refractivity contribution in [1.82, 2.24) is 15.2 Å². The molecule has 1 aliphatic heterocycles. The minimum Gasteiger partial charge on any atom is -0.488 e. The van der Waals surface area contributed by atoms with Gasteiger partial charge >= 0.3 is 12.3 Å². The van der Waals surface area contributed by atoms with Crippen LogP contribution in [0.5, 0.6) is 5.75 Å². The van der Waals surface area contributed by atoms with Gasteiger partial charge in [-0.1, -0.05) is 32.4 Å². The summed E-state index contributed by atoms with van der Waals surface area (Å²) in [5.74, 6) is -0.549. The maximum atomic E-state index is 13.6. The predicted octanol–water partition coefficient (Wildman–Crippen LogP) is 5.05. The van der Waals surface area contributed by atoms with Crippen molar-refractivity contribution >= 4 is 29.2 Å². The van der Waals surface area contributed by atoms with E-state index in [1.165, 1.54) is 11.0 Å². The molecule has 1 saturated heterocycles. The van der Waals surface area contributed by atoms with E-state index in [0.29, 0.717) is 11.7 Å². The number of nitrogens with zero attached hydrogens (tertiary/aromatic N) is 2. The van der Waals surface area contributed by atoms with Crippen LogP contribution in [-0.2, 0) is 20.5 Å². The first-order chi connectivity index (χ1) is 17.4. The van der Waals surface area contributed by atoms with Crippen molar-refractivity contribution in [2.75, 3.05) is 6.54 Å². The van der Waals surface area contributed by atoms with Gasteiger partial charge in [0.25, 0.3) is 0 Å². The summed E-state index contributed by atoms with van der Waals surface area (Å²) >= 11 is 0. The number of benzene rings is 1. The third kappa shape index (κ3) is 6.93. The molecule has 3 rings (SSSR count). The number of alkyl halides is 3. The number of amides is 2. The molecule has 1 N–H and O–H groups in total. The molecule has 1 aliphatic rings. The monoisotopic (exact) mass is 537 g/mol. The van der Waals surface area contributed by atoms with Gasteiger partial charge in [-0.3, -0.25) is 4.79 Å². The Morgan fingerprint density at radius 2 is 1.79 bits per heavy atom. The molecule has 1 aromatic heterocycles. The Kier molecular flexibility index (Phi) is 8.00. The van der Waals surface area contributed by atoms with E-state index in [1.807, 2.05) is 0 Å². The molecule has 11 heteroatoms. The van der Waals surface area contributed by atoms with E-state index < -0.39 is 53.1 Å². The highest BCUT2D eigenvalue weighted by Crippen LogP contribution is 2.36. The second-order valence-corrected chi connectivity index (χ2v) is 11.6. The number of aromatic nitrogens is 1. The molecular formula is C27H34F3N3O5. The fourth-order valence-electron chi connectivity index (χ4n) is 4.26. The van der Waals surface area contributed by atoms with Crippen LogP contribution in [0.15, 0.2) is 24.3 Å². The number of fused-ring (bicyclic) bond motifs is 1. The molecule has 8 nitrogen and oxygen atoms in total. The molecule has 1 fully saturated rings. The van der Waals surface area contributed by atoms with Crippen LogP contribution in [0, 0.1) is 12.3 Å². The average Bonchev–Trinajstić information content (AvgIpc) is 3.17. The molecule has 208 valence electrons. The first-order valence-corrected chi connectivity index (χ1v) is 12.3. The van der Waals surface area contributed by atoms with E-state index in [0.717, 1.165) is 11.6 Å². The van der Waals surface area contributed by atoms with Crippen molar-refractivity contribution in [3.63, 3.8) is 0 Å². The van der Waals surface area contributed by atoms with E-state index >= 15 is 0 Å². The molecular weight excluding hydrogens is 503 g/mol. The molecule has 0 saturated carbocycles. The fourth-order valence-corrected chi connectivity index (χ4v) is 4.26. The van der Waals surface area contributed by atoms with Gasteiger partial charge in [-0.15, -0.1) is 0 Å². The molecule has 2 amide bonds.